The fourth-order valence-corrected chi connectivity index (χ4v) is 3.17. The first-order valence-electron chi connectivity index (χ1n) is 6.30. The van der Waals surface area contributed by atoms with Crippen molar-refractivity contribution in [2.24, 2.45) is 0 Å². The molecule has 4 N–H and O–H groups in total. The lowest BCUT2D eigenvalue weighted by Gasteiger charge is -2.11. The molecule has 0 aliphatic rings. The van der Waals surface area contributed by atoms with Crippen molar-refractivity contribution >= 4 is 40.5 Å². The molecule has 0 fully saturated rings. The van der Waals surface area contributed by atoms with Gasteiger partial charge in [0, 0.05) is 0 Å². The van der Waals surface area contributed by atoms with Crippen LogP contribution in [0.5, 0.6) is 0 Å². The summed E-state index contributed by atoms with van der Waals surface area (Å²) in [5.41, 5.74) is 5.40. The molecule has 0 saturated carbocycles. The predicted octanol–water partition coefficient (Wildman–Crippen LogP) is 0.660. The van der Waals surface area contributed by atoms with Crippen molar-refractivity contribution in [2.75, 3.05) is 25.3 Å². The number of nitrogens with two attached hydrogens (primary N) is 1. The average molecular weight is 396 g/mol. The number of aromatic nitrogens is 4. The third-order valence-electron chi connectivity index (χ3n) is 2.61. The minimum absolute atomic E-state index is 0.0247. The van der Waals surface area contributed by atoms with Crippen LogP contribution in [-0.4, -0.2) is 44.2 Å². The summed E-state index contributed by atoms with van der Waals surface area (Å²) in [5.74, 6) is -0.0247. The summed E-state index contributed by atoms with van der Waals surface area (Å²) >= 11 is 3.18. The lowest BCUT2D eigenvalue weighted by atomic mass is 10.4. The standard InChI is InChI=1S/C10H15BrN5O5P/c1-2-21-22(18,19)5-20-4-3-16-8-6(7(11)15-16)9(17)14-10(12)13-8/h2-5H2,1H3,(H,18,19)(H3,12,13,14,17). The van der Waals surface area contributed by atoms with E-state index in [-0.39, 0.29) is 31.1 Å². The molecule has 22 heavy (non-hydrogen) atoms. The molecule has 10 nitrogen and oxygen atoms in total. The van der Waals surface area contributed by atoms with Gasteiger partial charge in [0.25, 0.3) is 5.56 Å². The maximum atomic E-state index is 11.8. The second-order valence-electron chi connectivity index (χ2n) is 4.26. The molecule has 0 aliphatic carbocycles. The highest BCUT2D eigenvalue weighted by Crippen LogP contribution is 2.41. The number of hydrogen-bond acceptors (Lipinski definition) is 7. The normalized spacial score (nSPS) is 14.3. The molecule has 2 rings (SSSR count). The number of anilines is 1. The zero-order valence-electron chi connectivity index (χ0n) is 11.7. The van der Waals surface area contributed by atoms with E-state index in [0.717, 1.165) is 0 Å². The molecule has 0 bridgehead atoms. The SMILES string of the molecule is CCOP(=O)(O)COCCn1nc(Br)c2c(=O)[nH]c(N)nc21. The quantitative estimate of drug-likeness (QED) is 0.457. The van der Waals surface area contributed by atoms with E-state index in [1.807, 2.05) is 0 Å². The number of aromatic amines is 1. The van der Waals surface area contributed by atoms with E-state index in [2.05, 4.69) is 35.5 Å². The second kappa shape index (κ2) is 6.88. The summed E-state index contributed by atoms with van der Waals surface area (Å²) < 4.78 is 23.0. The molecule has 1 atom stereocenters. The number of nitrogen functional groups attached to an aromatic ring is 1. The van der Waals surface area contributed by atoms with Gasteiger partial charge in [0.1, 0.15) is 16.3 Å². The zero-order valence-corrected chi connectivity index (χ0v) is 14.1. The number of nitrogens with zero attached hydrogens (tertiary/aromatic N) is 3. The van der Waals surface area contributed by atoms with E-state index >= 15 is 0 Å². The zero-order chi connectivity index (χ0) is 16.3. The van der Waals surface area contributed by atoms with Gasteiger partial charge in [-0.05, 0) is 22.9 Å². The van der Waals surface area contributed by atoms with Crippen LogP contribution in [0, 0.1) is 0 Å². The van der Waals surface area contributed by atoms with Crippen LogP contribution in [0.25, 0.3) is 11.0 Å². The average Bonchev–Trinajstić information content (AvgIpc) is 2.71. The second-order valence-corrected chi connectivity index (χ2v) is 6.80. The smallest absolute Gasteiger partial charge is 0.353 e. The monoisotopic (exact) mass is 395 g/mol. The summed E-state index contributed by atoms with van der Waals surface area (Å²) in [7, 11) is -3.72. The first-order chi connectivity index (χ1) is 10.3. The van der Waals surface area contributed by atoms with Gasteiger partial charge in [0.2, 0.25) is 5.95 Å². The van der Waals surface area contributed by atoms with E-state index in [1.54, 1.807) is 6.92 Å². The van der Waals surface area contributed by atoms with Crippen molar-refractivity contribution in [1.29, 1.82) is 0 Å². The fourth-order valence-electron chi connectivity index (χ4n) is 1.78. The largest absolute Gasteiger partial charge is 0.369 e. The molecule has 1 unspecified atom stereocenters. The van der Waals surface area contributed by atoms with Gasteiger partial charge >= 0.3 is 7.60 Å². The van der Waals surface area contributed by atoms with E-state index in [1.165, 1.54) is 4.68 Å². The number of halogens is 1. The summed E-state index contributed by atoms with van der Waals surface area (Å²) in [4.78, 5) is 27.6. The molecular weight excluding hydrogens is 381 g/mol. The lowest BCUT2D eigenvalue weighted by molar-refractivity contribution is 0.137. The summed E-state index contributed by atoms with van der Waals surface area (Å²) in [6, 6.07) is 0. The summed E-state index contributed by atoms with van der Waals surface area (Å²) in [5, 5.41) is 4.39. The van der Waals surface area contributed by atoms with Crippen LogP contribution in [0.15, 0.2) is 9.40 Å². The Balaban J connectivity index is 2.07. The van der Waals surface area contributed by atoms with E-state index in [4.69, 9.17) is 10.5 Å². The maximum Gasteiger partial charge on any atom is 0.353 e. The van der Waals surface area contributed by atoms with Gasteiger partial charge in [-0.3, -0.25) is 14.3 Å². The van der Waals surface area contributed by atoms with Crippen molar-refractivity contribution in [2.45, 2.75) is 13.5 Å². The van der Waals surface area contributed by atoms with Crippen LogP contribution in [0.4, 0.5) is 5.95 Å². The van der Waals surface area contributed by atoms with Crippen LogP contribution in [-0.2, 0) is 20.4 Å². The van der Waals surface area contributed by atoms with Crippen LogP contribution in [0.1, 0.15) is 6.92 Å². The molecule has 0 saturated heterocycles. The molecule has 122 valence electrons. The third-order valence-corrected chi connectivity index (χ3v) is 4.34. The van der Waals surface area contributed by atoms with Gasteiger partial charge in [-0.2, -0.15) is 10.1 Å². The van der Waals surface area contributed by atoms with E-state index in [9.17, 15) is 14.3 Å². The molecule has 2 aromatic rings. The number of nitrogens with one attached hydrogen (secondary N) is 1. The van der Waals surface area contributed by atoms with E-state index in [0.29, 0.717) is 10.3 Å². The molecule has 0 aliphatic heterocycles. The Hall–Kier alpha value is -1.26. The van der Waals surface area contributed by atoms with Crippen molar-refractivity contribution in [3.8, 4) is 0 Å². The fraction of sp³-hybridized carbons (Fsp3) is 0.500. The van der Waals surface area contributed by atoms with Gasteiger partial charge in [-0.1, -0.05) is 0 Å². The molecule has 12 heteroatoms. The number of H-pyrrole nitrogens is 1. The first-order valence-corrected chi connectivity index (χ1v) is 8.85. The van der Waals surface area contributed by atoms with Gasteiger partial charge in [0.05, 0.1) is 19.8 Å². The number of rotatable bonds is 7. The van der Waals surface area contributed by atoms with Crippen molar-refractivity contribution in [3.05, 3.63) is 15.0 Å². The number of hydrogen-bond donors (Lipinski definition) is 3. The van der Waals surface area contributed by atoms with Crippen LogP contribution < -0.4 is 11.3 Å². The Morgan fingerprint density at radius 2 is 2.27 bits per heavy atom. The van der Waals surface area contributed by atoms with Crippen molar-refractivity contribution in [1.82, 2.24) is 19.7 Å². The predicted molar refractivity (Wildman–Crippen MR) is 82.5 cm³/mol. The topological polar surface area (TPSA) is 145 Å². The van der Waals surface area contributed by atoms with Crippen LogP contribution >= 0.6 is 23.5 Å². The number of ether oxygens (including phenoxy) is 1. The van der Waals surface area contributed by atoms with E-state index < -0.39 is 19.5 Å². The van der Waals surface area contributed by atoms with Crippen LogP contribution in [0.2, 0.25) is 0 Å². The molecule has 0 radical (unpaired) electrons. The molecule has 0 spiro atoms. The third kappa shape index (κ3) is 3.93. The Kier molecular flexibility index (Phi) is 5.35. The molecule has 2 aromatic heterocycles. The van der Waals surface area contributed by atoms with Gasteiger partial charge in [-0.15, -0.1) is 0 Å². The first kappa shape index (κ1) is 17.1. The molecular formula is C10H15BrN5O5P. The van der Waals surface area contributed by atoms with Crippen LogP contribution in [0.3, 0.4) is 0 Å². The highest BCUT2D eigenvalue weighted by Gasteiger charge is 2.19. The Labute approximate surface area is 133 Å². The Morgan fingerprint density at radius 1 is 1.55 bits per heavy atom. The molecule has 0 aromatic carbocycles. The van der Waals surface area contributed by atoms with Crippen molar-refractivity contribution in [3.63, 3.8) is 0 Å². The molecule has 2 heterocycles. The van der Waals surface area contributed by atoms with Gasteiger partial charge < -0.3 is 19.9 Å². The van der Waals surface area contributed by atoms with Gasteiger partial charge in [0.15, 0.2) is 5.65 Å². The van der Waals surface area contributed by atoms with Crippen molar-refractivity contribution < 1.29 is 18.7 Å². The maximum absolute atomic E-state index is 11.8. The highest BCUT2D eigenvalue weighted by atomic mass is 79.9. The van der Waals surface area contributed by atoms with Gasteiger partial charge in [-0.25, -0.2) is 4.68 Å². The summed E-state index contributed by atoms with van der Waals surface area (Å²) in [6.07, 6.45) is -0.419. The Bertz CT molecular complexity index is 775. The minimum atomic E-state index is -3.72. The molecule has 0 amide bonds. The highest BCUT2D eigenvalue weighted by molar-refractivity contribution is 9.10. The summed E-state index contributed by atoms with van der Waals surface area (Å²) in [6.45, 7) is 2.06. The number of fused-ring (bicyclic) bond motifs is 1. The Morgan fingerprint density at radius 3 is 2.95 bits per heavy atom. The minimum Gasteiger partial charge on any atom is -0.369 e. The lowest BCUT2D eigenvalue weighted by Crippen LogP contribution is -2.13.